The predicted octanol–water partition coefficient (Wildman–Crippen LogP) is 5.62. The SMILES string of the molecule is COc1ccc(C#Cc2ccc3c(c2)OC(c2cc4ccccc4cn2)=CC3)cc1. The minimum atomic E-state index is 0.786. The molecule has 30 heavy (non-hydrogen) atoms. The van der Waals surface area contributed by atoms with E-state index < -0.39 is 0 Å². The number of fused-ring (bicyclic) bond motifs is 2. The van der Waals surface area contributed by atoms with Crippen LogP contribution in [0.1, 0.15) is 22.4 Å². The number of ether oxygens (including phenoxy) is 2. The number of hydrogen-bond acceptors (Lipinski definition) is 3. The molecule has 2 heterocycles. The molecule has 0 amide bonds. The maximum absolute atomic E-state index is 6.20. The molecule has 5 rings (SSSR count). The maximum atomic E-state index is 6.20. The Morgan fingerprint density at radius 3 is 2.47 bits per heavy atom. The van der Waals surface area contributed by atoms with Gasteiger partial charge >= 0.3 is 0 Å². The summed E-state index contributed by atoms with van der Waals surface area (Å²) in [6.45, 7) is 0. The Morgan fingerprint density at radius 2 is 1.63 bits per heavy atom. The lowest BCUT2D eigenvalue weighted by Gasteiger charge is -2.18. The quantitative estimate of drug-likeness (QED) is 0.417. The highest BCUT2D eigenvalue weighted by atomic mass is 16.5. The summed E-state index contributed by atoms with van der Waals surface area (Å²) < 4.78 is 11.4. The number of allylic oxidation sites excluding steroid dienone is 1. The number of pyridine rings is 1. The first-order valence-corrected chi connectivity index (χ1v) is 9.81. The van der Waals surface area contributed by atoms with Crippen molar-refractivity contribution in [3.05, 3.63) is 107 Å². The molecule has 0 N–H and O–H groups in total. The van der Waals surface area contributed by atoms with Crippen LogP contribution in [0.15, 0.2) is 85.1 Å². The number of rotatable bonds is 2. The van der Waals surface area contributed by atoms with Crippen molar-refractivity contribution in [3.8, 4) is 23.3 Å². The van der Waals surface area contributed by atoms with E-state index in [0.29, 0.717) is 0 Å². The summed E-state index contributed by atoms with van der Waals surface area (Å²) in [6.07, 6.45) is 4.79. The highest BCUT2D eigenvalue weighted by Gasteiger charge is 2.15. The van der Waals surface area contributed by atoms with Crippen molar-refractivity contribution >= 4 is 16.5 Å². The van der Waals surface area contributed by atoms with Crippen LogP contribution in [-0.2, 0) is 6.42 Å². The molecular weight excluding hydrogens is 370 g/mol. The van der Waals surface area contributed by atoms with Crippen LogP contribution >= 0.6 is 0 Å². The molecule has 0 aliphatic carbocycles. The minimum absolute atomic E-state index is 0.786. The van der Waals surface area contributed by atoms with E-state index in [4.69, 9.17) is 9.47 Å². The fourth-order valence-corrected chi connectivity index (χ4v) is 3.45. The largest absolute Gasteiger partial charge is 0.497 e. The van der Waals surface area contributed by atoms with Crippen LogP contribution in [0.5, 0.6) is 11.5 Å². The van der Waals surface area contributed by atoms with Gasteiger partial charge in [0.15, 0.2) is 0 Å². The first-order valence-electron chi connectivity index (χ1n) is 9.81. The van der Waals surface area contributed by atoms with E-state index >= 15 is 0 Å². The molecule has 3 nitrogen and oxygen atoms in total. The van der Waals surface area contributed by atoms with Crippen LogP contribution in [0.2, 0.25) is 0 Å². The van der Waals surface area contributed by atoms with Crippen LogP contribution in [0, 0.1) is 11.8 Å². The van der Waals surface area contributed by atoms with Crippen molar-refractivity contribution in [1.82, 2.24) is 4.98 Å². The average Bonchev–Trinajstić information content (AvgIpc) is 2.82. The summed E-state index contributed by atoms with van der Waals surface area (Å²) in [5.74, 6) is 8.86. The van der Waals surface area contributed by atoms with Crippen molar-refractivity contribution in [2.75, 3.05) is 7.11 Å². The van der Waals surface area contributed by atoms with Gasteiger partial charge in [-0.2, -0.15) is 0 Å². The number of hydrogen-bond donors (Lipinski definition) is 0. The lowest BCUT2D eigenvalue weighted by molar-refractivity contribution is 0.415. The molecule has 0 unspecified atom stereocenters. The van der Waals surface area contributed by atoms with Gasteiger partial charge < -0.3 is 9.47 Å². The van der Waals surface area contributed by atoms with E-state index in [1.165, 1.54) is 0 Å². The molecule has 0 saturated heterocycles. The normalized spacial score (nSPS) is 12.2. The highest BCUT2D eigenvalue weighted by molar-refractivity contribution is 5.84. The third kappa shape index (κ3) is 3.64. The maximum Gasteiger partial charge on any atom is 0.149 e. The summed E-state index contributed by atoms with van der Waals surface area (Å²) in [7, 11) is 1.66. The summed E-state index contributed by atoms with van der Waals surface area (Å²) in [5.41, 5.74) is 3.84. The molecule has 1 aromatic heterocycles. The zero-order valence-corrected chi connectivity index (χ0v) is 16.6. The molecule has 1 aliphatic heterocycles. The number of methoxy groups -OCH3 is 1. The third-order valence-corrected chi connectivity index (χ3v) is 5.12. The first kappa shape index (κ1) is 18.0. The predicted molar refractivity (Wildman–Crippen MR) is 119 cm³/mol. The topological polar surface area (TPSA) is 31.4 Å². The summed E-state index contributed by atoms with van der Waals surface area (Å²) in [6, 6.07) is 24.1. The molecule has 0 fully saturated rings. The molecule has 144 valence electrons. The van der Waals surface area contributed by atoms with Crippen molar-refractivity contribution in [1.29, 1.82) is 0 Å². The molecule has 0 bridgehead atoms. The smallest absolute Gasteiger partial charge is 0.149 e. The Kier molecular flexibility index (Phi) is 4.67. The van der Waals surface area contributed by atoms with E-state index in [9.17, 15) is 0 Å². The monoisotopic (exact) mass is 389 g/mol. The Hall–Kier alpha value is -4.03. The van der Waals surface area contributed by atoms with E-state index in [-0.39, 0.29) is 0 Å². The van der Waals surface area contributed by atoms with Crippen LogP contribution in [0.4, 0.5) is 0 Å². The Morgan fingerprint density at radius 1 is 0.867 bits per heavy atom. The van der Waals surface area contributed by atoms with Gasteiger partial charge in [0.1, 0.15) is 23.0 Å². The zero-order chi connectivity index (χ0) is 20.3. The van der Waals surface area contributed by atoms with Gasteiger partial charge in [0.2, 0.25) is 0 Å². The molecule has 3 heteroatoms. The molecule has 4 aromatic rings. The lowest BCUT2D eigenvalue weighted by atomic mass is 10.0. The van der Waals surface area contributed by atoms with Crippen molar-refractivity contribution in [2.45, 2.75) is 6.42 Å². The standard InChI is InChI=1S/C27H19NO2/c1-29-24-13-9-19(10-14-24)6-7-20-8-11-21-12-15-26(30-27(21)16-20)25-17-22-4-2-3-5-23(22)18-28-25/h2-5,8-11,13-18H,12H2,1H3. The van der Waals surface area contributed by atoms with Gasteiger partial charge in [-0.15, -0.1) is 0 Å². The fourth-order valence-electron chi connectivity index (χ4n) is 3.45. The van der Waals surface area contributed by atoms with Gasteiger partial charge in [-0.25, -0.2) is 0 Å². The molecule has 0 atom stereocenters. The van der Waals surface area contributed by atoms with Crippen LogP contribution < -0.4 is 9.47 Å². The highest BCUT2D eigenvalue weighted by Crippen LogP contribution is 2.31. The third-order valence-electron chi connectivity index (χ3n) is 5.12. The van der Waals surface area contributed by atoms with Crippen molar-refractivity contribution in [3.63, 3.8) is 0 Å². The molecule has 0 spiro atoms. The fraction of sp³-hybridized carbons (Fsp3) is 0.0741. The van der Waals surface area contributed by atoms with E-state index in [1.807, 2.05) is 54.7 Å². The Labute approximate surface area is 175 Å². The second-order valence-corrected chi connectivity index (χ2v) is 7.09. The van der Waals surface area contributed by atoms with Gasteiger partial charge in [0.25, 0.3) is 0 Å². The lowest BCUT2D eigenvalue weighted by Crippen LogP contribution is -2.05. The molecule has 1 aliphatic rings. The summed E-state index contributed by atoms with van der Waals surface area (Å²) >= 11 is 0. The van der Waals surface area contributed by atoms with Crippen molar-refractivity contribution < 1.29 is 9.47 Å². The molecule has 3 aromatic carbocycles. The van der Waals surface area contributed by atoms with Crippen molar-refractivity contribution in [2.24, 2.45) is 0 Å². The van der Waals surface area contributed by atoms with Crippen LogP contribution in [0.3, 0.4) is 0 Å². The molecule has 0 radical (unpaired) electrons. The molecule has 0 saturated carbocycles. The second kappa shape index (κ2) is 7.77. The molecular formula is C27H19NO2. The first-order chi connectivity index (χ1) is 14.8. The van der Waals surface area contributed by atoms with E-state index in [1.54, 1.807) is 7.11 Å². The number of benzene rings is 3. The Balaban J connectivity index is 1.40. The van der Waals surface area contributed by atoms with Gasteiger partial charge in [0, 0.05) is 22.7 Å². The van der Waals surface area contributed by atoms with Gasteiger partial charge in [0.05, 0.1) is 7.11 Å². The number of nitrogens with zero attached hydrogens (tertiary/aromatic N) is 1. The van der Waals surface area contributed by atoms with E-state index in [2.05, 4.69) is 47.2 Å². The van der Waals surface area contributed by atoms with E-state index in [0.717, 1.165) is 56.8 Å². The average molecular weight is 389 g/mol. The van der Waals surface area contributed by atoms with Crippen LogP contribution in [0.25, 0.3) is 16.5 Å². The summed E-state index contributed by atoms with van der Waals surface area (Å²) in [4.78, 5) is 4.58. The Bertz CT molecular complexity index is 1320. The van der Waals surface area contributed by atoms with Gasteiger partial charge in [-0.05, 0) is 65.9 Å². The zero-order valence-electron chi connectivity index (χ0n) is 16.6. The van der Waals surface area contributed by atoms with Gasteiger partial charge in [-0.1, -0.05) is 42.2 Å². The minimum Gasteiger partial charge on any atom is -0.497 e. The second-order valence-electron chi connectivity index (χ2n) is 7.09. The van der Waals surface area contributed by atoms with Gasteiger partial charge in [-0.3, -0.25) is 4.98 Å². The van der Waals surface area contributed by atoms with Crippen LogP contribution in [-0.4, -0.2) is 12.1 Å². The number of aromatic nitrogens is 1. The summed E-state index contributed by atoms with van der Waals surface area (Å²) in [5, 5.41) is 2.27.